The molecule has 2 heterocycles. The minimum Gasteiger partial charge on any atom is -0.490 e. The van der Waals surface area contributed by atoms with Crippen LogP contribution in [0.2, 0.25) is 0 Å². The summed E-state index contributed by atoms with van der Waals surface area (Å²) in [6.45, 7) is 4.14. The van der Waals surface area contributed by atoms with Gasteiger partial charge in [0.25, 0.3) is 0 Å². The van der Waals surface area contributed by atoms with Crippen LogP contribution < -0.4 is 9.47 Å². The van der Waals surface area contributed by atoms with Crippen LogP contribution in [0.4, 0.5) is 0 Å². The highest BCUT2D eigenvalue weighted by atomic mass is 79.9. The van der Waals surface area contributed by atoms with Crippen LogP contribution >= 0.6 is 15.9 Å². The minimum absolute atomic E-state index is 0.141. The third kappa shape index (κ3) is 1.82. The summed E-state index contributed by atoms with van der Waals surface area (Å²) < 4.78 is 13.2. The lowest BCUT2D eigenvalue weighted by atomic mass is 9.69. The minimum atomic E-state index is -0.450. The van der Waals surface area contributed by atoms with Crippen LogP contribution in [0.1, 0.15) is 49.8 Å². The Kier molecular flexibility index (Phi) is 3.14. The Balaban J connectivity index is 2.00. The Morgan fingerprint density at radius 1 is 1.14 bits per heavy atom. The van der Waals surface area contributed by atoms with Crippen molar-refractivity contribution in [3.05, 3.63) is 21.2 Å². The van der Waals surface area contributed by atoms with E-state index >= 15 is 0 Å². The van der Waals surface area contributed by atoms with E-state index in [4.69, 9.17) is 9.47 Å². The van der Waals surface area contributed by atoms with Crippen molar-refractivity contribution in [3.8, 4) is 11.5 Å². The lowest BCUT2D eigenvalue weighted by Gasteiger charge is -2.39. The molecular formula is C17H18BrNO3. The Hall–Kier alpha value is -1.32. The molecule has 1 fully saturated rings. The average molecular weight is 364 g/mol. The van der Waals surface area contributed by atoms with E-state index < -0.39 is 5.54 Å². The molecule has 0 amide bonds. The van der Waals surface area contributed by atoms with Crippen molar-refractivity contribution in [2.45, 2.75) is 63.7 Å². The van der Waals surface area contributed by atoms with Gasteiger partial charge in [-0.15, -0.1) is 0 Å². The first-order valence-corrected chi connectivity index (χ1v) is 8.65. The second kappa shape index (κ2) is 4.84. The fraction of sp³-hybridized carbons (Fsp3) is 0.588. The number of carbonyl (C=O) groups excluding carboxylic acids is 1. The van der Waals surface area contributed by atoms with E-state index in [2.05, 4.69) is 34.8 Å². The van der Waals surface area contributed by atoms with E-state index in [0.717, 1.165) is 64.8 Å². The standard InChI is InChI=1S/C17H18BrNO3/c1-9-6-11-13(17(19-8-20)4-3-5-17)15-12(7-10(2)21-15)14(18)16(11)22-9/h9-10H,3-7H2,1-2H3. The smallest absolute Gasteiger partial charge is 0.235 e. The molecule has 0 saturated heterocycles. The first-order chi connectivity index (χ1) is 10.6. The molecule has 2 aliphatic heterocycles. The second-order valence-electron chi connectivity index (χ2n) is 6.66. The summed E-state index contributed by atoms with van der Waals surface area (Å²) in [6, 6.07) is 0. The topological polar surface area (TPSA) is 47.9 Å². The van der Waals surface area contributed by atoms with Crippen molar-refractivity contribution in [2.75, 3.05) is 0 Å². The van der Waals surface area contributed by atoms with Crippen LogP contribution in [0.25, 0.3) is 0 Å². The molecule has 0 aromatic heterocycles. The molecule has 22 heavy (non-hydrogen) atoms. The molecule has 1 aromatic carbocycles. The quantitative estimate of drug-likeness (QED) is 0.592. The van der Waals surface area contributed by atoms with E-state index in [0.29, 0.717) is 0 Å². The number of nitrogens with zero attached hydrogens (tertiary/aromatic N) is 1. The van der Waals surface area contributed by atoms with E-state index in [9.17, 15) is 4.79 Å². The fourth-order valence-corrected chi connectivity index (χ4v) is 4.64. The maximum Gasteiger partial charge on any atom is 0.235 e. The van der Waals surface area contributed by atoms with Crippen LogP contribution in [0, 0.1) is 0 Å². The summed E-state index contributed by atoms with van der Waals surface area (Å²) >= 11 is 3.71. The van der Waals surface area contributed by atoms with Crippen molar-refractivity contribution in [1.29, 1.82) is 0 Å². The van der Waals surface area contributed by atoms with Gasteiger partial charge in [-0.2, -0.15) is 4.99 Å². The zero-order chi connectivity index (χ0) is 15.5. The Morgan fingerprint density at radius 3 is 2.36 bits per heavy atom. The van der Waals surface area contributed by atoms with Gasteiger partial charge in [-0.3, -0.25) is 0 Å². The first kappa shape index (κ1) is 14.3. The van der Waals surface area contributed by atoms with Crippen molar-refractivity contribution >= 4 is 22.0 Å². The van der Waals surface area contributed by atoms with E-state index in [-0.39, 0.29) is 12.2 Å². The third-order valence-electron chi connectivity index (χ3n) is 5.07. The molecule has 1 aliphatic carbocycles. The number of rotatable bonds is 2. The molecule has 5 heteroatoms. The van der Waals surface area contributed by atoms with Gasteiger partial charge in [0.15, 0.2) is 0 Å². The Labute approximate surface area is 138 Å². The zero-order valence-corrected chi connectivity index (χ0v) is 14.3. The van der Waals surface area contributed by atoms with Gasteiger partial charge in [0, 0.05) is 29.5 Å². The van der Waals surface area contributed by atoms with Crippen LogP contribution in [0.15, 0.2) is 9.47 Å². The molecular weight excluding hydrogens is 346 g/mol. The highest BCUT2D eigenvalue weighted by Crippen LogP contribution is 2.57. The van der Waals surface area contributed by atoms with Gasteiger partial charge in [0.2, 0.25) is 6.08 Å². The molecule has 2 atom stereocenters. The normalized spacial score (nSPS) is 27.0. The number of hydrogen-bond acceptors (Lipinski definition) is 4. The Bertz CT molecular complexity index is 665. The van der Waals surface area contributed by atoms with Crippen molar-refractivity contribution < 1.29 is 14.3 Å². The SMILES string of the molecule is CC1Cc2c(c(Br)c3c(c2C2(N=C=O)CCC2)OC(C)C3)O1. The van der Waals surface area contributed by atoms with Crippen molar-refractivity contribution in [2.24, 2.45) is 4.99 Å². The van der Waals surface area contributed by atoms with Crippen molar-refractivity contribution in [3.63, 3.8) is 0 Å². The number of ether oxygens (including phenoxy) is 2. The second-order valence-corrected chi connectivity index (χ2v) is 7.45. The van der Waals surface area contributed by atoms with Crippen LogP contribution in [0.3, 0.4) is 0 Å². The number of benzene rings is 1. The van der Waals surface area contributed by atoms with Gasteiger partial charge < -0.3 is 9.47 Å². The van der Waals surface area contributed by atoms with Gasteiger partial charge in [-0.25, -0.2) is 4.79 Å². The predicted octanol–water partition coefficient (Wildman–Crippen LogP) is 3.81. The van der Waals surface area contributed by atoms with E-state index in [1.807, 2.05) is 0 Å². The highest BCUT2D eigenvalue weighted by molar-refractivity contribution is 9.10. The summed E-state index contributed by atoms with van der Waals surface area (Å²) in [7, 11) is 0. The summed E-state index contributed by atoms with van der Waals surface area (Å²) in [5.41, 5.74) is 2.95. The van der Waals surface area contributed by atoms with Crippen LogP contribution in [0.5, 0.6) is 11.5 Å². The predicted molar refractivity (Wildman–Crippen MR) is 85.4 cm³/mol. The first-order valence-electron chi connectivity index (χ1n) is 7.86. The van der Waals surface area contributed by atoms with E-state index in [1.165, 1.54) is 0 Å². The molecule has 0 spiro atoms. The van der Waals surface area contributed by atoms with Gasteiger partial charge >= 0.3 is 0 Å². The summed E-state index contributed by atoms with van der Waals surface area (Å²) in [4.78, 5) is 15.2. The summed E-state index contributed by atoms with van der Waals surface area (Å²) in [6.07, 6.45) is 6.62. The molecule has 0 bridgehead atoms. The molecule has 1 aromatic rings. The Morgan fingerprint density at radius 2 is 1.77 bits per heavy atom. The molecule has 4 nitrogen and oxygen atoms in total. The lowest BCUT2D eigenvalue weighted by molar-refractivity contribution is 0.220. The largest absolute Gasteiger partial charge is 0.490 e. The highest BCUT2D eigenvalue weighted by Gasteiger charge is 2.47. The monoisotopic (exact) mass is 363 g/mol. The number of aliphatic imine (C=N–C) groups is 1. The van der Waals surface area contributed by atoms with Gasteiger partial charge in [0.05, 0.1) is 4.47 Å². The molecule has 1 saturated carbocycles. The molecule has 116 valence electrons. The van der Waals surface area contributed by atoms with E-state index in [1.54, 1.807) is 6.08 Å². The fourth-order valence-electron chi connectivity index (χ4n) is 3.97. The molecule has 0 N–H and O–H groups in total. The van der Waals surface area contributed by atoms with Crippen LogP contribution in [-0.2, 0) is 23.2 Å². The number of fused-ring (bicyclic) bond motifs is 2. The van der Waals surface area contributed by atoms with Gasteiger partial charge in [0.1, 0.15) is 29.2 Å². The molecule has 4 rings (SSSR count). The van der Waals surface area contributed by atoms with Crippen LogP contribution in [-0.4, -0.2) is 18.3 Å². The van der Waals surface area contributed by atoms with Gasteiger partial charge in [-0.05, 0) is 49.0 Å². The maximum atomic E-state index is 11.0. The molecule has 0 radical (unpaired) electrons. The summed E-state index contributed by atoms with van der Waals surface area (Å²) in [5, 5.41) is 0. The number of hydrogen-bond donors (Lipinski definition) is 0. The third-order valence-corrected chi connectivity index (χ3v) is 5.91. The lowest BCUT2D eigenvalue weighted by Crippen LogP contribution is -2.33. The molecule has 2 unspecified atom stereocenters. The number of isocyanates is 1. The summed E-state index contributed by atoms with van der Waals surface area (Å²) in [5.74, 6) is 1.85. The number of halogens is 1. The van der Waals surface area contributed by atoms with Crippen molar-refractivity contribution in [1.82, 2.24) is 0 Å². The van der Waals surface area contributed by atoms with Gasteiger partial charge in [-0.1, -0.05) is 0 Å². The zero-order valence-electron chi connectivity index (χ0n) is 12.7. The molecule has 3 aliphatic rings. The average Bonchev–Trinajstić information content (AvgIpc) is 2.99. The maximum absolute atomic E-state index is 11.0.